The molecule has 3 aromatic rings. The lowest BCUT2D eigenvalue weighted by Gasteiger charge is -2.07. The highest BCUT2D eigenvalue weighted by molar-refractivity contribution is 6.11. The van der Waals surface area contributed by atoms with E-state index >= 15 is 0 Å². The van der Waals surface area contributed by atoms with Gasteiger partial charge in [0.1, 0.15) is 11.5 Å². The number of anilines is 1. The zero-order valence-electron chi connectivity index (χ0n) is 11.3. The van der Waals surface area contributed by atoms with Crippen molar-refractivity contribution in [3.63, 3.8) is 0 Å². The van der Waals surface area contributed by atoms with Crippen LogP contribution in [0.15, 0.2) is 84.2 Å². The van der Waals surface area contributed by atoms with Crippen LogP contribution in [0.4, 0.5) is 5.82 Å². The summed E-state index contributed by atoms with van der Waals surface area (Å²) in [6, 6.07) is 21.4. The Morgan fingerprint density at radius 2 is 1.48 bits per heavy atom. The Labute approximate surface area is 123 Å². The van der Waals surface area contributed by atoms with Gasteiger partial charge < -0.3 is 0 Å². The van der Waals surface area contributed by atoms with Crippen LogP contribution in [-0.4, -0.2) is 15.7 Å². The normalized spacial score (nSPS) is 11.1. The number of benzene rings is 1. The topological polar surface area (TPSA) is 50.2 Å². The summed E-state index contributed by atoms with van der Waals surface area (Å²) in [6.45, 7) is 0. The Morgan fingerprint density at radius 3 is 2.14 bits per heavy atom. The number of aromatic nitrogens is 2. The molecular weight excluding hydrogens is 260 g/mol. The van der Waals surface area contributed by atoms with Gasteiger partial charge in [-0.3, -0.25) is 10.4 Å². The molecule has 0 bridgehead atoms. The molecule has 0 atom stereocenters. The minimum atomic E-state index is 0.696. The highest BCUT2D eigenvalue weighted by atomic mass is 15.3. The molecule has 4 heteroatoms. The maximum atomic E-state index is 4.48. The van der Waals surface area contributed by atoms with E-state index in [-0.39, 0.29) is 0 Å². The van der Waals surface area contributed by atoms with Gasteiger partial charge in [0.25, 0.3) is 0 Å². The van der Waals surface area contributed by atoms with Crippen molar-refractivity contribution in [1.29, 1.82) is 0 Å². The minimum absolute atomic E-state index is 0.696. The molecule has 1 aromatic carbocycles. The van der Waals surface area contributed by atoms with Crippen LogP contribution >= 0.6 is 0 Å². The number of hydrazone groups is 1. The highest BCUT2D eigenvalue weighted by Gasteiger charge is 2.07. The summed E-state index contributed by atoms with van der Waals surface area (Å²) in [4.78, 5) is 8.58. The lowest BCUT2D eigenvalue weighted by Crippen LogP contribution is -2.08. The molecule has 0 unspecified atom stereocenters. The van der Waals surface area contributed by atoms with Crippen molar-refractivity contribution in [2.45, 2.75) is 0 Å². The van der Waals surface area contributed by atoms with Crippen LogP contribution in [0.25, 0.3) is 0 Å². The molecule has 102 valence electrons. The fourth-order valence-corrected chi connectivity index (χ4v) is 1.91. The van der Waals surface area contributed by atoms with Gasteiger partial charge in [-0.05, 0) is 24.3 Å². The molecule has 0 radical (unpaired) electrons. The lowest BCUT2D eigenvalue weighted by atomic mass is 10.1. The monoisotopic (exact) mass is 274 g/mol. The van der Waals surface area contributed by atoms with Crippen molar-refractivity contribution in [2.75, 3.05) is 5.43 Å². The van der Waals surface area contributed by atoms with E-state index in [0.29, 0.717) is 5.82 Å². The first kappa shape index (κ1) is 13.0. The fourth-order valence-electron chi connectivity index (χ4n) is 1.91. The number of nitrogens with zero attached hydrogens (tertiary/aromatic N) is 3. The highest BCUT2D eigenvalue weighted by Crippen LogP contribution is 2.10. The van der Waals surface area contributed by atoms with Gasteiger partial charge in [0, 0.05) is 18.0 Å². The number of pyridine rings is 2. The smallest absolute Gasteiger partial charge is 0.146 e. The second-order valence-electron chi connectivity index (χ2n) is 4.37. The molecular formula is C17H14N4. The Bertz CT molecular complexity index is 668. The van der Waals surface area contributed by atoms with Crippen molar-refractivity contribution in [1.82, 2.24) is 9.97 Å². The Balaban J connectivity index is 1.97. The summed E-state index contributed by atoms with van der Waals surface area (Å²) >= 11 is 0. The second kappa shape index (κ2) is 6.43. The molecule has 0 saturated carbocycles. The predicted octanol–water partition coefficient (Wildman–Crippen LogP) is 3.34. The van der Waals surface area contributed by atoms with Crippen LogP contribution in [0.1, 0.15) is 11.3 Å². The summed E-state index contributed by atoms with van der Waals surface area (Å²) in [6.07, 6.45) is 3.48. The first-order valence-electron chi connectivity index (χ1n) is 6.65. The maximum Gasteiger partial charge on any atom is 0.146 e. The van der Waals surface area contributed by atoms with E-state index in [1.54, 1.807) is 12.4 Å². The molecule has 0 aliphatic carbocycles. The number of nitrogens with one attached hydrogen (secondary N) is 1. The summed E-state index contributed by atoms with van der Waals surface area (Å²) in [7, 11) is 0. The summed E-state index contributed by atoms with van der Waals surface area (Å²) in [5.41, 5.74) is 5.57. The molecule has 21 heavy (non-hydrogen) atoms. The summed E-state index contributed by atoms with van der Waals surface area (Å²) in [5.74, 6) is 0.696. The first-order chi connectivity index (χ1) is 10.4. The Morgan fingerprint density at radius 1 is 0.762 bits per heavy atom. The average Bonchev–Trinajstić information content (AvgIpc) is 2.58. The van der Waals surface area contributed by atoms with E-state index in [0.717, 1.165) is 17.0 Å². The van der Waals surface area contributed by atoms with Crippen molar-refractivity contribution in [3.05, 3.63) is 90.4 Å². The third kappa shape index (κ3) is 3.30. The second-order valence-corrected chi connectivity index (χ2v) is 4.37. The molecule has 0 aliphatic heterocycles. The molecule has 0 aliphatic rings. The minimum Gasteiger partial charge on any atom is -0.261 e. The molecule has 4 nitrogen and oxygen atoms in total. The van der Waals surface area contributed by atoms with E-state index in [9.17, 15) is 0 Å². The summed E-state index contributed by atoms with van der Waals surface area (Å²) in [5, 5.41) is 4.48. The Kier molecular flexibility index (Phi) is 3.98. The molecule has 0 amide bonds. The largest absolute Gasteiger partial charge is 0.261 e. The zero-order chi connectivity index (χ0) is 14.3. The van der Waals surface area contributed by atoms with Crippen LogP contribution < -0.4 is 5.43 Å². The van der Waals surface area contributed by atoms with Crippen LogP contribution in [0.2, 0.25) is 0 Å². The van der Waals surface area contributed by atoms with Gasteiger partial charge in [0.05, 0.1) is 5.69 Å². The van der Waals surface area contributed by atoms with Gasteiger partial charge in [-0.15, -0.1) is 0 Å². The zero-order valence-corrected chi connectivity index (χ0v) is 11.3. The standard InChI is InChI=1S/C17H14N4/c1-2-8-14(9-3-1)17(15-10-4-6-12-18-15)21-20-16-11-5-7-13-19-16/h1-13H,(H,19,20)/b21-17-. The fraction of sp³-hybridized carbons (Fsp3) is 0. The van der Waals surface area contributed by atoms with Crippen molar-refractivity contribution < 1.29 is 0 Å². The molecule has 0 spiro atoms. The quantitative estimate of drug-likeness (QED) is 0.586. The van der Waals surface area contributed by atoms with E-state index in [2.05, 4.69) is 20.5 Å². The van der Waals surface area contributed by atoms with E-state index in [1.165, 1.54) is 0 Å². The third-order valence-electron chi connectivity index (χ3n) is 2.90. The van der Waals surface area contributed by atoms with Gasteiger partial charge in [0.2, 0.25) is 0 Å². The van der Waals surface area contributed by atoms with Gasteiger partial charge in [-0.25, -0.2) is 4.98 Å². The molecule has 1 N–H and O–H groups in total. The molecule has 0 fully saturated rings. The van der Waals surface area contributed by atoms with Crippen molar-refractivity contribution in [3.8, 4) is 0 Å². The van der Waals surface area contributed by atoms with Crippen molar-refractivity contribution in [2.24, 2.45) is 5.10 Å². The number of rotatable bonds is 4. The molecule has 0 saturated heterocycles. The molecule has 3 rings (SSSR count). The van der Waals surface area contributed by atoms with Gasteiger partial charge in [-0.1, -0.05) is 42.5 Å². The van der Waals surface area contributed by atoms with E-state index in [4.69, 9.17) is 0 Å². The van der Waals surface area contributed by atoms with Gasteiger partial charge in [-0.2, -0.15) is 5.10 Å². The molecule has 2 heterocycles. The van der Waals surface area contributed by atoms with Gasteiger partial charge >= 0.3 is 0 Å². The van der Waals surface area contributed by atoms with E-state index in [1.807, 2.05) is 66.7 Å². The Hall–Kier alpha value is -3.01. The predicted molar refractivity (Wildman–Crippen MR) is 84.2 cm³/mol. The molecule has 2 aromatic heterocycles. The maximum absolute atomic E-state index is 4.48. The lowest BCUT2D eigenvalue weighted by molar-refractivity contribution is 1.21. The van der Waals surface area contributed by atoms with Crippen molar-refractivity contribution >= 4 is 11.5 Å². The van der Waals surface area contributed by atoms with Crippen LogP contribution in [0.5, 0.6) is 0 Å². The third-order valence-corrected chi connectivity index (χ3v) is 2.90. The van der Waals surface area contributed by atoms with Crippen LogP contribution in [0.3, 0.4) is 0 Å². The average molecular weight is 274 g/mol. The first-order valence-corrected chi connectivity index (χ1v) is 6.65. The summed E-state index contributed by atoms with van der Waals surface area (Å²) < 4.78 is 0. The SMILES string of the molecule is c1ccc(/C(=N/Nc2ccccn2)c2ccccn2)cc1. The van der Waals surface area contributed by atoms with Crippen LogP contribution in [0, 0.1) is 0 Å². The van der Waals surface area contributed by atoms with Crippen LogP contribution in [-0.2, 0) is 0 Å². The number of hydrogen-bond donors (Lipinski definition) is 1. The number of hydrogen-bond acceptors (Lipinski definition) is 4. The van der Waals surface area contributed by atoms with E-state index < -0.39 is 0 Å². The van der Waals surface area contributed by atoms with Gasteiger partial charge in [0.15, 0.2) is 0 Å².